The van der Waals surface area contributed by atoms with Gasteiger partial charge in [0.05, 0.1) is 0 Å². The monoisotopic (exact) mass is 514 g/mol. The lowest BCUT2D eigenvalue weighted by atomic mass is 10.0. The van der Waals surface area contributed by atoms with E-state index in [9.17, 15) is 14.0 Å². The molecular formula is C31H28ClFN2O2. The molecule has 4 rings (SSSR count). The van der Waals surface area contributed by atoms with Crippen LogP contribution in [0.25, 0.3) is 0 Å². The average molecular weight is 515 g/mol. The fraction of sp³-hybridized carbons (Fsp3) is 0.161. The van der Waals surface area contributed by atoms with Crippen molar-refractivity contribution in [2.45, 2.75) is 32.0 Å². The van der Waals surface area contributed by atoms with Crippen molar-refractivity contribution >= 4 is 23.4 Å². The van der Waals surface area contributed by atoms with E-state index in [1.54, 1.807) is 23.1 Å². The molecule has 1 atom stereocenters. The Morgan fingerprint density at radius 3 is 2.08 bits per heavy atom. The molecular weight excluding hydrogens is 487 g/mol. The molecule has 4 nitrogen and oxygen atoms in total. The summed E-state index contributed by atoms with van der Waals surface area (Å²) < 4.78 is 13.6. The summed E-state index contributed by atoms with van der Waals surface area (Å²) >= 11 is 6.29. The maximum absolute atomic E-state index is 13.7. The van der Waals surface area contributed by atoms with Crippen LogP contribution in [0.4, 0.5) is 4.39 Å². The van der Waals surface area contributed by atoms with Gasteiger partial charge in [-0.2, -0.15) is 0 Å². The van der Waals surface area contributed by atoms with E-state index in [1.807, 2.05) is 78.9 Å². The summed E-state index contributed by atoms with van der Waals surface area (Å²) in [5.41, 5.74) is 3.24. The summed E-state index contributed by atoms with van der Waals surface area (Å²) in [6.45, 7) is 0.386. The van der Waals surface area contributed by atoms with E-state index in [0.29, 0.717) is 17.0 Å². The minimum absolute atomic E-state index is 0.160. The number of halogens is 2. The third-order valence-corrected chi connectivity index (χ3v) is 6.51. The zero-order valence-corrected chi connectivity index (χ0v) is 21.1. The van der Waals surface area contributed by atoms with Crippen LogP contribution in [0.1, 0.15) is 34.7 Å². The summed E-state index contributed by atoms with van der Waals surface area (Å²) in [4.78, 5) is 28.9. The van der Waals surface area contributed by atoms with Crippen molar-refractivity contribution < 1.29 is 14.0 Å². The van der Waals surface area contributed by atoms with Gasteiger partial charge in [-0.1, -0.05) is 103 Å². The molecule has 0 saturated carbocycles. The van der Waals surface area contributed by atoms with E-state index in [-0.39, 0.29) is 37.1 Å². The predicted molar refractivity (Wildman–Crippen MR) is 144 cm³/mol. The van der Waals surface area contributed by atoms with Crippen LogP contribution in [-0.4, -0.2) is 16.7 Å². The normalized spacial score (nSPS) is 11.5. The number of hydrogen-bond acceptors (Lipinski definition) is 2. The zero-order chi connectivity index (χ0) is 26.0. The van der Waals surface area contributed by atoms with Gasteiger partial charge in [-0.25, -0.2) is 4.39 Å². The van der Waals surface area contributed by atoms with Gasteiger partial charge in [-0.3, -0.25) is 9.59 Å². The molecule has 0 radical (unpaired) electrons. The molecule has 4 aromatic carbocycles. The summed E-state index contributed by atoms with van der Waals surface area (Å²) in [7, 11) is 0. The Morgan fingerprint density at radius 1 is 0.784 bits per heavy atom. The first-order valence-electron chi connectivity index (χ1n) is 12.1. The Hall–Kier alpha value is -3.96. The second kappa shape index (κ2) is 12.8. The van der Waals surface area contributed by atoms with Gasteiger partial charge >= 0.3 is 0 Å². The van der Waals surface area contributed by atoms with Gasteiger partial charge in [0.2, 0.25) is 11.8 Å². The van der Waals surface area contributed by atoms with E-state index in [2.05, 4.69) is 5.32 Å². The lowest BCUT2D eigenvalue weighted by Gasteiger charge is -2.32. The summed E-state index contributed by atoms with van der Waals surface area (Å²) in [5.74, 6) is -0.848. The molecule has 0 aliphatic rings. The summed E-state index contributed by atoms with van der Waals surface area (Å²) in [6.07, 6.45) is 0.772. The van der Waals surface area contributed by atoms with E-state index >= 15 is 0 Å². The van der Waals surface area contributed by atoms with E-state index in [0.717, 1.165) is 16.7 Å². The first-order valence-corrected chi connectivity index (χ1v) is 12.5. The van der Waals surface area contributed by atoms with Crippen molar-refractivity contribution in [3.63, 3.8) is 0 Å². The molecule has 37 heavy (non-hydrogen) atoms. The van der Waals surface area contributed by atoms with Gasteiger partial charge in [0, 0.05) is 24.5 Å². The van der Waals surface area contributed by atoms with Crippen LogP contribution in [0.3, 0.4) is 0 Å². The van der Waals surface area contributed by atoms with Crippen molar-refractivity contribution in [2.24, 2.45) is 0 Å². The number of benzene rings is 4. The molecule has 0 saturated heterocycles. The number of rotatable bonds is 10. The maximum atomic E-state index is 13.7. The third kappa shape index (κ3) is 7.28. The maximum Gasteiger partial charge on any atom is 0.247 e. The van der Waals surface area contributed by atoms with Gasteiger partial charge in [0.25, 0.3) is 0 Å². The minimum atomic E-state index is -0.878. The Labute approximate surface area is 221 Å². The summed E-state index contributed by atoms with van der Waals surface area (Å²) in [6, 6.07) is 31.4. The van der Waals surface area contributed by atoms with Gasteiger partial charge in [0.15, 0.2) is 0 Å². The van der Waals surface area contributed by atoms with Crippen LogP contribution >= 0.6 is 11.6 Å². The van der Waals surface area contributed by atoms with Crippen LogP contribution in [-0.2, 0) is 29.1 Å². The molecule has 0 aliphatic heterocycles. The summed E-state index contributed by atoms with van der Waals surface area (Å²) in [5, 5.41) is 3.52. The molecule has 0 bridgehead atoms. The Bertz CT molecular complexity index is 1310. The fourth-order valence-corrected chi connectivity index (χ4v) is 4.38. The topological polar surface area (TPSA) is 49.4 Å². The Balaban J connectivity index is 1.63. The molecule has 1 N–H and O–H groups in total. The molecule has 0 spiro atoms. The number of amides is 2. The molecule has 188 valence electrons. The van der Waals surface area contributed by atoms with Crippen LogP contribution in [0, 0.1) is 5.82 Å². The van der Waals surface area contributed by atoms with Crippen molar-refractivity contribution in [1.29, 1.82) is 0 Å². The lowest BCUT2D eigenvalue weighted by molar-refractivity contribution is -0.141. The SMILES string of the molecule is O=C(NCc1ccccc1Cl)[C@@H](c1ccccc1)N(Cc1ccc(F)cc1)C(=O)CCc1ccccc1. The number of carbonyl (C=O) groups excluding carboxylic acids is 2. The highest BCUT2D eigenvalue weighted by atomic mass is 35.5. The van der Waals surface area contributed by atoms with Crippen molar-refractivity contribution in [3.8, 4) is 0 Å². The van der Waals surface area contributed by atoms with E-state index < -0.39 is 6.04 Å². The fourth-order valence-electron chi connectivity index (χ4n) is 4.18. The smallest absolute Gasteiger partial charge is 0.247 e. The van der Waals surface area contributed by atoms with Crippen LogP contribution < -0.4 is 5.32 Å². The van der Waals surface area contributed by atoms with Gasteiger partial charge in [-0.05, 0) is 46.9 Å². The predicted octanol–water partition coefficient (Wildman–Crippen LogP) is 6.50. The number of aryl methyl sites for hydroxylation is 1. The van der Waals surface area contributed by atoms with Crippen molar-refractivity contribution in [3.05, 3.63) is 142 Å². The highest BCUT2D eigenvalue weighted by Gasteiger charge is 2.31. The van der Waals surface area contributed by atoms with Crippen molar-refractivity contribution in [2.75, 3.05) is 0 Å². The standard InChI is InChI=1S/C31H28ClFN2O2/c32-28-14-8-7-13-26(28)21-34-31(37)30(25-11-5-2-6-12-25)35(22-24-15-18-27(33)19-16-24)29(36)20-17-23-9-3-1-4-10-23/h1-16,18-19,30H,17,20-22H2,(H,34,37)/t30-/m1/s1. The molecule has 4 aromatic rings. The molecule has 2 amide bonds. The molecule has 0 fully saturated rings. The first kappa shape index (κ1) is 26.1. The number of hydrogen-bond donors (Lipinski definition) is 1. The van der Waals surface area contributed by atoms with Crippen LogP contribution in [0.5, 0.6) is 0 Å². The largest absolute Gasteiger partial charge is 0.350 e. The van der Waals surface area contributed by atoms with Gasteiger partial charge < -0.3 is 10.2 Å². The highest BCUT2D eigenvalue weighted by Crippen LogP contribution is 2.26. The van der Waals surface area contributed by atoms with Crippen molar-refractivity contribution in [1.82, 2.24) is 10.2 Å². The number of nitrogens with one attached hydrogen (secondary N) is 1. The third-order valence-electron chi connectivity index (χ3n) is 6.14. The lowest BCUT2D eigenvalue weighted by Crippen LogP contribution is -2.43. The van der Waals surface area contributed by atoms with E-state index in [4.69, 9.17) is 11.6 Å². The van der Waals surface area contributed by atoms with Crippen LogP contribution in [0.15, 0.2) is 109 Å². The zero-order valence-electron chi connectivity index (χ0n) is 20.3. The number of carbonyl (C=O) groups is 2. The Kier molecular flexibility index (Phi) is 9.06. The van der Waals surface area contributed by atoms with E-state index in [1.165, 1.54) is 12.1 Å². The molecule has 0 aliphatic carbocycles. The van der Waals surface area contributed by atoms with Crippen LogP contribution in [0.2, 0.25) is 5.02 Å². The molecule has 0 heterocycles. The van der Waals surface area contributed by atoms with Gasteiger partial charge in [0.1, 0.15) is 11.9 Å². The second-order valence-electron chi connectivity index (χ2n) is 8.76. The highest BCUT2D eigenvalue weighted by molar-refractivity contribution is 6.31. The minimum Gasteiger partial charge on any atom is -0.350 e. The first-order chi connectivity index (χ1) is 18.0. The number of nitrogens with zero attached hydrogens (tertiary/aromatic N) is 1. The molecule has 0 unspecified atom stereocenters. The second-order valence-corrected chi connectivity index (χ2v) is 9.16. The van der Waals surface area contributed by atoms with Gasteiger partial charge in [-0.15, -0.1) is 0 Å². The molecule has 6 heteroatoms. The average Bonchev–Trinajstić information content (AvgIpc) is 2.93. The quantitative estimate of drug-likeness (QED) is 0.263. The molecule has 0 aromatic heterocycles. The Morgan fingerprint density at radius 2 is 1.41 bits per heavy atom.